The van der Waals surface area contributed by atoms with E-state index in [0.29, 0.717) is 0 Å². The maximum Gasteiger partial charge on any atom is 2.00 e. The first-order valence-corrected chi connectivity index (χ1v) is 9.24. The van der Waals surface area contributed by atoms with Crippen molar-refractivity contribution in [3.8, 4) is 27.4 Å². The average Bonchev–Trinajstić information content (AvgIpc) is 3.13. The number of hydrogen-bond donors (Lipinski definition) is 0. The van der Waals surface area contributed by atoms with E-state index in [1.54, 1.807) is 11.3 Å². The zero-order valence-corrected chi connectivity index (χ0v) is 15.6. The van der Waals surface area contributed by atoms with Gasteiger partial charge in [-0.3, -0.25) is 0 Å². The molecule has 0 unspecified atom stereocenters. The molecule has 1 N–H and O–H groups in total. The van der Waals surface area contributed by atoms with Crippen LogP contribution in [0.1, 0.15) is 25.0 Å². The molecule has 0 radical (unpaired) electrons. The van der Waals surface area contributed by atoms with Crippen LogP contribution in [-0.4, -0.2) is 10.1 Å². The molecule has 0 saturated heterocycles. The van der Waals surface area contributed by atoms with Crippen LogP contribution in [0.15, 0.2) is 60.7 Å². The van der Waals surface area contributed by atoms with Crippen LogP contribution in [0.25, 0.3) is 31.9 Å². The summed E-state index contributed by atoms with van der Waals surface area (Å²) in [6, 6.07) is 20.6. The maximum absolute atomic E-state index is 13.4. The standard InChI is InChI=1S/C22H17NOS.Be/c1-22(2)16-8-4-3-7-13(16)14-11-12-15(20(24)19(14)22)21-23-17-9-5-6-10-18(17)25-21;/h3-12,24H,1-2H3;/q;+2. The third kappa shape index (κ3) is 2.18. The Morgan fingerprint density at radius 1 is 0.846 bits per heavy atom. The second kappa shape index (κ2) is 5.77. The third-order valence-electron chi connectivity index (χ3n) is 5.27. The van der Waals surface area contributed by atoms with E-state index >= 15 is 0 Å². The largest absolute Gasteiger partial charge is 2.00 e. The van der Waals surface area contributed by atoms with E-state index in [9.17, 15) is 5.11 Å². The second-order valence-electron chi connectivity index (χ2n) is 7.09. The van der Waals surface area contributed by atoms with E-state index in [1.165, 1.54) is 15.8 Å². The molecular formula is C22H17BeNOS+2. The number of thiazole rings is 1. The minimum absolute atomic E-state index is 0. The first-order valence-electron chi connectivity index (χ1n) is 8.43. The molecule has 26 heavy (non-hydrogen) atoms. The second-order valence-corrected chi connectivity index (χ2v) is 8.14. The van der Waals surface area contributed by atoms with Gasteiger partial charge in [0.25, 0.3) is 5.01 Å². The Labute approximate surface area is 160 Å². The topological polar surface area (TPSA) is 37.2 Å². The van der Waals surface area contributed by atoms with Gasteiger partial charge in [-0.2, -0.15) is 4.98 Å². The molecule has 0 fully saturated rings. The quantitative estimate of drug-likeness (QED) is 0.468. The molecule has 2 nitrogen and oxygen atoms in total. The summed E-state index contributed by atoms with van der Waals surface area (Å²) in [5, 5.41) is 14.3. The van der Waals surface area contributed by atoms with Crippen LogP contribution >= 0.6 is 11.3 Å². The zero-order chi connectivity index (χ0) is 17.2. The normalized spacial score (nSPS) is 13.9. The fourth-order valence-corrected chi connectivity index (χ4v) is 5.07. The maximum atomic E-state index is 13.4. The SMILES string of the molecule is CC1(C)c2ccccc2-c2ccc(-c3[nH+]c4ccccc4s3)c([O-])c21.[Be+2]. The number of hydrogen-bond acceptors (Lipinski definition) is 2. The van der Waals surface area contributed by atoms with Gasteiger partial charge in [-0.1, -0.05) is 73.4 Å². The summed E-state index contributed by atoms with van der Waals surface area (Å²) >= 11 is 1.64. The van der Waals surface area contributed by atoms with Gasteiger partial charge in [0.1, 0.15) is 4.70 Å². The number of nitrogens with one attached hydrogen (secondary N) is 1. The van der Waals surface area contributed by atoms with Gasteiger partial charge in [-0.15, -0.1) is 0 Å². The van der Waals surface area contributed by atoms with Crippen LogP contribution in [0.3, 0.4) is 0 Å². The number of fused-ring (bicyclic) bond motifs is 4. The Kier molecular flexibility index (Phi) is 3.76. The van der Waals surface area contributed by atoms with Crippen molar-refractivity contribution in [2.24, 2.45) is 0 Å². The van der Waals surface area contributed by atoms with Crippen LogP contribution in [0, 0.1) is 0 Å². The smallest absolute Gasteiger partial charge is 0.872 e. The fourth-order valence-electron chi connectivity index (χ4n) is 4.04. The predicted octanol–water partition coefficient (Wildman–Crippen LogP) is 4.38. The summed E-state index contributed by atoms with van der Waals surface area (Å²) in [6.07, 6.45) is 0. The molecule has 4 heteroatoms. The Hall–Kier alpha value is -2.48. The van der Waals surface area contributed by atoms with Gasteiger partial charge in [0.15, 0.2) is 0 Å². The van der Waals surface area contributed by atoms with Crippen LogP contribution in [0.2, 0.25) is 0 Å². The van der Waals surface area contributed by atoms with Crippen molar-refractivity contribution in [1.29, 1.82) is 0 Å². The summed E-state index contributed by atoms with van der Waals surface area (Å²) in [5.74, 6) is 0.140. The summed E-state index contributed by atoms with van der Waals surface area (Å²) in [7, 11) is 0. The molecule has 1 aromatic heterocycles. The molecule has 1 aliphatic carbocycles. The molecule has 1 heterocycles. The van der Waals surface area contributed by atoms with Crippen LogP contribution in [0.5, 0.6) is 5.75 Å². The minimum atomic E-state index is -0.268. The third-order valence-corrected chi connectivity index (χ3v) is 6.37. The van der Waals surface area contributed by atoms with E-state index < -0.39 is 0 Å². The number of para-hydroxylation sites is 1. The molecule has 0 spiro atoms. The Morgan fingerprint density at radius 3 is 2.35 bits per heavy atom. The van der Waals surface area contributed by atoms with E-state index in [1.807, 2.05) is 30.3 Å². The first kappa shape index (κ1) is 17.0. The van der Waals surface area contributed by atoms with Crippen LogP contribution in [-0.2, 0) is 5.41 Å². The van der Waals surface area contributed by atoms with Crippen molar-refractivity contribution in [1.82, 2.24) is 0 Å². The zero-order valence-electron chi connectivity index (χ0n) is 14.8. The van der Waals surface area contributed by atoms with Crippen molar-refractivity contribution >= 4 is 31.7 Å². The molecule has 122 valence electrons. The van der Waals surface area contributed by atoms with E-state index in [4.69, 9.17) is 0 Å². The molecular weight excluding hydrogens is 335 g/mol. The number of aromatic amines is 1. The van der Waals surface area contributed by atoms with Crippen molar-refractivity contribution in [2.45, 2.75) is 19.3 Å². The molecule has 0 amide bonds. The van der Waals surface area contributed by atoms with Gasteiger partial charge in [-0.05, 0) is 34.4 Å². The van der Waals surface area contributed by atoms with E-state index in [2.05, 4.69) is 49.2 Å². The van der Waals surface area contributed by atoms with Crippen molar-refractivity contribution in [3.05, 3.63) is 71.8 Å². The molecule has 5 rings (SSSR count). The van der Waals surface area contributed by atoms with Gasteiger partial charge in [0.05, 0.1) is 5.56 Å². The molecule has 0 atom stereocenters. The molecule has 0 saturated carbocycles. The van der Waals surface area contributed by atoms with Gasteiger partial charge in [0, 0.05) is 11.5 Å². The number of H-pyrrole nitrogens is 1. The summed E-state index contributed by atoms with van der Waals surface area (Å²) in [5.41, 5.74) is 5.99. The van der Waals surface area contributed by atoms with Gasteiger partial charge >= 0.3 is 10.1 Å². The summed E-state index contributed by atoms with van der Waals surface area (Å²) in [6.45, 7) is 4.30. The van der Waals surface area contributed by atoms with Crippen LogP contribution in [0.4, 0.5) is 0 Å². The van der Waals surface area contributed by atoms with Gasteiger partial charge < -0.3 is 5.11 Å². The average molecular weight is 352 g/mol. The minimum Gasteiger partial charge on any atom is -0.872 e. The summed E-state index contributed by atoms with van der Waals surface area (Å²) in [4.78, 5) is 3.41. The van der Waals surface area contributed by atoms with E-state index in [0.717, 1.165) is 27.2 Å². The Bertz CT molecular complexity index is 1110. The first-order chi connectivity index (χ1) is 12.1. The Balaban J connectivity index is 0.00000168. The number of aromatic nitrogens is 1. The number of benzene rings is 3. The van der Waals surface area contributed by atoms with Crippen molar-refractivity contribution in [3.63, 3.8) is 0 Å². The predicted molar refractivity (Wildman–Crippen MR) is 107 cm³/mol. The molecule has 0 aliphatic heterocycles. The van der Waals surface area contributed by atoms with Crippen molar-refractivity contribution < 1.29 is 10.1 Å². The van der Waals surface area contributed by atoms with Crippen molar-refractivity contribution in [2.75, 3.05) is 0 Å². The molecule has 4 aromatic rings. The summed E-state index contributed by atoms with van der Waals surface area (Å²) < 4.78 is 1.17. The molecule has 3 aromatic carbocycles. The monoisotopic (exact) mass is 352 g/mol. The van der Waals surface area contributed by atoms with Gasteiger partial charge in [0.2, 0.25) is 5.52 Å². The molecule has 1 aliphatic rings. The molecule has 0 bridgehead atoms. The van der Waals surface area contributed by atoms with Crippen LogP contribution < -0.4 is 10.1 Å². The van der Waals surface area contributed by atoms with E-state index in [-0.39, 0.29) is 21.3 Å². The van der Waals surface area contributed by atoms with Gasteiger partial charge in [-0.25, -0.2) is 0 Å². The fraction of sp³-hybridized carbons (Fsp3) is 0.136. The number of rotatable bonds is 1. The Morgan fingerprint density at radius 2 is 1.54 bits per heavy atom.